The topological polar surface area (TPSA) is 55.1 Å². The Bertz CT molecular complexity index is 753. The minimum absolute atomic E-state index is 0.286. The van der Waals surface area contributed by atoms with Crippen molar-refractivity contribution in [2.75, 3.05) is 18.0 Å². The molecule has 5 nitrogen and oxygen atoms in total. The van der Waals surface area contributed by atoms with Crippen LogP contribution in [0.15, 0.2) is 45.5 Å². The number of fused-ring (bicyclic) bond motifs is 1. The van der Waals surface area contributed by atoms with Crippen LogP contribution in [0.25, 0.3) is 11.1 Å². The van der Waals surface area contributed by atoms with Gasteiger partial charge in [0.1, 0.15) is 5.52 Å². The number of hydrogen-bond acceptors (Lipinski definition) is 5. The number of hydrogen-bond donors (Lipinski definition) is 0. The van der Waals surface area contributed by atoms with Gasteiger partial charge in [-0.3, -0.25) is 0 Å². The third-order valence-corrected chi connectivity index (χ3v) is 4.38. The highest BCUT2D eigenvalue weighted by atomic mass is 79.9. The van der Waals surface area contributed by atoms with Crippen molar-refractivity contribution in [1.82, 2.24) is 15.0 Å². The van der Waals surface area contributed by atoms with Crippen molar-refractivity contribution in [2.24, 2.45) is 0 Å². The number of nitrogens with zero attached hydrogens (tertiary/aromatic N) is 4. The van der Waals surface area contributed by atoms with Gasteiger partial charge in [-0.05, 0) is 40.9 Å². The predicted octanol–water partition coefficient (Wildman–Crippen LogP) is 3.76. The SMILES string of the molecule is Brc1cnc(N2CCCC(c3nc4ccccc4o3)C2)nc1. The van der Waals surface area contributed by atoms with E-state index in [0.717, 1.165) is 53.3 Å². The van der Waals surface area contributed by atoms with Crippen LogP contribution in [-0.4, -0.2) is 28.0 Å². The fraction of sp³-hybridized carbons (Fsp3) is 0.312. The molecule has 3 aromatic rings. The predicted molar refractivity (Wildman–Crippen MR) is 87.9 cm³/mol. The van der Waals surface area contributed by atoms with E-state index in [-0.39, 0.29) is 5.92 Å². The van der Waals surface area contributed by atoms with Crippen LogP contribution in [0.1, 0.15) is 24.7 Å². The van der Waals surface area contributed by atoms with Crippen molar-refractivity contribution >= 4 is 33.0 Å². The second kappa shape index (κ2) is 5.68. The van der Waals surface area contributed by atoms with Gasteiger partial charge in [-0.1, -0.05) is 12.1 Å². The maximum Gasteiger partial charge on any atom is 0.225 e. The van der Waals surface area contributed by atoms with E-state index < -0.39 is 0 Å². The summed E-state index contributed by atoms with van der Waals surface area (Å²) in [6.07, 6.45) is 5.74. The molecule has 4 rings (SSSR count). The first-order chi connectivity index (χ1) is 10.8. The lowest BCUT2D eigenvalue weighted by atomic mass is 9.98. The van der Waals surface area contributed by atoms with E-state index in [1.807, 2.05) is 24.3 Å². The third kappa shape index (κ3) is 2.59. The molecule has 3 heterocycles. The van der Waals surface area contributed by atoms with Gasteiger partial charge >= 0.3 is 0 Å². The summed E-state index contributed by atoms with van der Waals surface area (Å²) in [6, 6.07) is 7.91. The largest absolute Gasteiger partial charge is 0.440 e. The van der Waals surface area contributed by atoms with Crippen LogP contribution in [0, 0.1) is 0 Å². The summed E-state index contributed by atoms with van der Waals surface area (Å²) in [6.45, 7) is 1.81. The minimum atomic E-state index is 0.286. The number of aromatic nitrogens is 3. The van der Waals surface area contributed by atoms with Gasteiger partial charge in [-0.25, -0.2) is 15.0 Å². The monoisotopic (exact) mass is 358 g/mol. The van der Waals surface area contributed by atoms with Crippen LogP contribution in [-0.2, 0) is 0 Å². The summed E-state index contributed by atoms with van der Waals surface area (Å²) in [5.41, 5.74) is 1.78. The summed E-state index contributed by atoms with van der Waals surface area (Å²) in [4.78, 5) is 15.6. The fourth-order valence-corrected chi connectivity index (χ4v) is 3.10. The van der Waals surface area contributed by atoms with E-state index in [0.29, 0.717) is 0 Å². The molecule has 0 bridgehead atoms. The molecule has 0 N–H and O–H groups in total. The number of anilines is 1. The molecule has 1 atom stereocenters. The van der Waals surface area contributed by atoms with Crippen LogP contribution in [0.4, 0.5) is 5.95 Å². The Morgan fingerprint density at radius 3 is 2.82 bits per heavy atom. The van der Waals surface area contributed by atoms with Gasteiger partial charge in [0.2, 0.25) is 5.95 Å². The third-order valence-electron chi connectivity index (χ3n) is 3.97. The maximum atomic E-state index is 5.92. The first-order valence-corrected chi connectivity index (χ1v) is 8.17. The van der Waals surface area contributed by atoms with Crippen LogP contribution >= 0.6 is 15.9 Å². The molecule has 0 spiro atoms. The molecule has 0 saturated carbocycles. The molecule has 1 aliphatic rings. The summed E-state index contributed by atoms with van der Waals surface area (Å²) in [5, 5.41) is 0. The molecule has 0 radical (unpaired) electrons. The van der Waals surface area contributed by atoms with Crippen LogP contribution in [0.3, 0.4) is 0 Å². The average Bonchev–Trinajstić information content (AvgIpc) is 3.00. The Labute approximate surface area is 136 Å². The highest BCUT2D eigenvalue weighted by Gasteiger charge is 2.26. The van der Waals surface area contributed by atoms with Crippen molar-refractivity contribution in [3.05, 3.63) is 47.0 Å². The molecule has 0 amide bonds. The van der Waals surface area contributed by atoms with Gasteiger partial charge in [-0.15, -0.1) is 0 Å². The van der Waals surface area contributed by atoms with Crippen molar-refractivity contribution in [2.45, 2.75) is 18.8 Å². The lowest BCUT2D eigenvalue weighted by Gasteiger charge is -2.31. The lowest BCUT2D eigenvalue weighted by molar-refractivity contribution is 0.411. The summed E-state index contributed by atoms with van der Waals surface area (Å²) >= 11 is 3.37. The second-order valence-electron chi connectivity index (χ2n) is 5.51. The van der Waals surface area contributed by atoms with E-state index in [4.69, 9.17) is 4.42 Å². The first-order valence-electron chi connectivity index (χ1n) is 7.37. The molecule has 1 unspecified atom stereocenters. The zero-order valence-corrected chi connectivity index (χ0v) is 13.5. The Morgan fingerprint density at radius 2 is 2.00 bits per heavy atom. The highest BCUT2D eigenvalue weighted by Crippen LogP contribution is 2.30. The normalized spacial score (nSPS) is 18.8. The van der Waals surface area contributed by atoms with Crippen LogP contribution in [0.2, 0.25) is 0 Å². The zero-order valence-electron chi connectivity index (χ0n) is 11.9. The Hall–Kier alpha value is -1.95. The standard InChI is InChI=1S/C16H15BrN4O/c17-12-8-18-16(19-9-12)21-7-3-4-11(10-21)15-20-13-5-1-2-6-14(13)22-15/h1-2,5-6,8-9,11H,3-4,7,10H2. The summed E-state index contributed by atoms with van der Waals surface area (Å²) in [5.74, 6) is 1.88. The van der Waals surface area contributed by atoms with E-state index >= 15 is 0 Å². The van der Waals surface area contributed by atoms with Crippen LogP contribution < -0.4 is 4.90 Å². The van der Waals surface area contributed by atoms with E-state index in [1.54, 1.807) is 12.4 Å². The molecule has 1 aromatic carbocycles. The molecular formula is C16H15BrN4O. The minimum Gasteiger partial charge on any atom is -0.440 e. The molecular weight excluding hydrogens is 344 g/mol. The Balaban J connectivity index is 1.58. The number of oxazole rings is 1. The van der Waals surface area contributed by atoms with Gasteiger partial charge < -0.3 is 9.32 Å². The number of piperidine rings is 1. The van der Waals surface area contributed by atoms with Gasteiger partial charge in [0.05, 0.1) is 10.4 Å². The first kappa shape index (κ1) is 13.7. The zero-order chi connectivity index (χ0) is 14.9. The van der Waals surface area contributed by atoms with Crippen molar-refractivity contribution < 1.29 is 4.42 Å². The van der Waals surface area contributed by atoms with Crippen molar-refractivity contribution in [3.8, 4) is 0 Å². The molecule has 0 aliphatic carbocycles. The fourth-order valence-electron chi connectivity index (χ4n) is 2.89. The molecule has 1 aliphatic heterocycles. The van der Waals surface area contributed by atoms with Gasteiger partial charge in [0.15, 0.2) is 11.5 Å². The number of halogens is 1. The number of benzene rings is 1. The Kier molecular flexibility index (Phi) is 3.54. The quantitative estimate of drug-likeness (QED) is 0.697. The van der Waals surface area contributed by atoms with Crippen LogP contribution in [0.5, 0.6) is 0 Å². The highest BCUT2D eigenvalue weighted by molar-refractivity contribution is 9.10. The molecule has 1 fully saturated rings. The van der Waals surface area contributed by atoms with E-state index in [1.165, 1.54) is 0 Å². The smallest absolute Gasteiger partial charge is 0.225 e. The number of rotatable bonds is 2. The summed E-state index contributed by atoms with van der Waals surface area (Å²) in [7, 11) is 0. The average molecular weight is 359 g/mol. The Morgan fingerprint density at radius 1 is 1.18 bits per heavy atom. The van der Waals surface area contributed by atoms with Crippen molar-refractivity contribution in [3.63, 3.8) is 0 Å². The molecule has 1 saturated heterocycles. The van der Waals surface area contributed by atoms with E-state index in [2.05, 4.69) is 35.8 Å². The molecule has 6 heteroatoms. The molecule has 112 valence electrons. The molecule has 22 heavy (non-hydrogen) atoms. The maximum absolute atomic E-state index is 5.92. The van der Waals surface area contributed by atoms with Gasteiger partial charge in [-0.2, -0.15) is 0 Å². The molecule has 2 aromatic heterocycles. The van der Waals surface area contributed by atoms with Gasteiger partial charge in [0, 0.05) is 25.5 Å². The second-order valence-corrected chi connectivity index (χ2v) is 6.42. The van der Waals surface area contributed by atoms with Crippen molar-refractivity contribution in [1.29, 1.82) is 0 Å². The lowest BCUT2D eigenvalue weighted by Crippen LogP contribution is -2.35. The van der Waals surface area contributed by atoms with Gasteiger partial charge in [0.25, 0.3) is 0 Å². The number of para-hydroxylation sites is 2. The van der Waals surface area contributed by atoms with E-state index in [9.17, 15) is 0 Å². The summed E-state index contributed by atoms with van der Waals surface area (Å²) < 4.78 is 6.82.